The third-order valence-electron chi connectivity index (χ3n) is 3.71. The minimum absolute atomic E-state index is 0.108. The number of fused-ring (bicyclic) bond motifs is 1. The molecule has 1 amide bonds. The average molecular weight is 460 g/mol. The standard InChI is InChI=1S/C19H13IN2O2S/c20-14-6-2-1-5-13(14)18(23)21-11-12-9-10-16(24-12)19-22-15-7-3-4-8-17(15)25-19/h1-10H,11H2,(H,21,23). The van der Waals surface area contributed by atoms with Crippen molar-refractivity contribution in [2.45, 2.75) is 6.54 Å². The van der Waals surface area contributed by atoms with E-state index in [9.17, 15) is 4.79 Å². The molecule has 0 atom stereocenters. The average Bonchev–Trinajstić information content (AvgIpc) is 3.26. The minimum Gasteiger partial charge on any atom is -0.457 e. The monoisotopic (exact) mass is 460 g/mol. The van der Waals surface area contributed by atoms with Crippen molar-refractivity contribution < 1.29 is 9.21 Å². The number of nitrogens with zero attached hydrogens (tertiary/aromatic N) is 1. The summed E-state index contributed by atoms with van der Waals surface area (Å²) in [6, 6.07) is 19.3. The molecule has 0 saturated carbocycles. The van der Waals surface area contributed by atoms with Crippen molar-refractivity contribution in [3.8, 4) is 10.8 Å². The molecule has 0 unspecified atom stereocenters. The minimum atomic E-state index is -0.108. The number of hydrogen-bond donors (Lipinski definition) is 1. The number of amides is 1. The van der Waals surface area contributed by atoms with Crippen LogP contribution in [-0.4, -0.2) is 10.9 Å². The Balaban J connectivity index is 1.48. The maximum atomic E-state index is 12.3. The van der Waals surface area contributed by atoms with Crippen molar-refractivity contribution in [2.24, 2.45) is 0 Å². The molecule has 2 aromatic carbocycles. The number of thiazole rings is 1. The lowest BCUT2D eigenvalue weighted by Crippen LogP contribution is -2.23. The van der Waals surface area contributed by atoms with E-state index >= 15 is 0 Å². The first-order chi connectivity index (χ1) is 12.2. The number of carbonyl (C=O) groups is 1. The summed E-state index contributed by atoms with van der Waals surface area (Å²) in [5.74, 6) is 1.32. The summed E-state index contributed by atoms with van der Waals surface area (Å²) >= 11 is 3.75. The van der Waals surface area contributed by atoms with E-state index in [4.69, 9.17) is 4.42 Å². The zero-order valence-electron chi connectivity index (χ0n) is 13.0. The normalized spacial score (nSPS) is 10.9. The van der Waals surface area contributed by atoms with Crippen LogP contribution in [0.1, 0.15) is 16.1 Å². The summed E-state index contributed by atoms with van der Waals surface area (Å²) in [6.07, 6.45) is 0. The molecule has 4 aromatic rings. The molecule has 0 aliphatic heterocycles. The Morgan fingerprint density at radius 2 is 1.88 bits per heavy atom. The fourth-order valence-electron chi connectivity index (χ4n) is 2.47. The largest absolute Gasteiger partial charge is 0.457 e. The molecule has 0 aliphatic rings. The highest BCUT2D eigenvalue weighted by Crippen LogP contribution is 2.31. The second kappa shape index (κ2) is 6.97. The van der Waals surface area contributed by atoms with Crippen molar-refractivity contribution in [1.29, 1.82) is 0 Å². The Morgan fingerprint density at radius 1 is 1.08 bits per heavy atom. The van der Waals surface area contributed by atoms with Crippen molar-refractivity contribution in [3.63, 3.8) is 0 Å². The van der Waals surface area contributed by atoms with Gasteiger partial charge in [0.15, 0.2) is 10.8 Å². The van der Waals surface area contributed by atoms with Gasteiger partial charge in [0.1, 0.15) is 5.76 Å². The molecule has 0 bridgehead atoms. The van der Waals surface area contributed by atoms with Crippen LogP contribution in [0.2, 0.25) is 0 Å². The fourth-order valence-corrected chi connectivity index (χ4v) is 4.03. The summed E-state index contributed by atoms with van der Waals surface area (Å²) in [5.41, 5.74) is 1.63. The zero-order chi connectivity index (χ0) is 17.2. The van der Waals surface area contributed by atoms with Gasteiger partial charge in [-0.2, -0.15) is 0 Å². The molecular weight excluding hydrogens is 447 g/mol. The summed E-state index contributed by atoms with van der Waals surface area (Å²) in [6.45, 7) is 0.342. The van der Waals surface area contributed by atoms with Crippen LogP contribution in [-0.2, 0) is 6.54 Å². The van der Waals surface area contributed by atoms with Crippen LogP contribution in [0.4, 0.5) is 0 Å². The SMILES string of the molecule is O=C(NCc1ccc(-c2nc3ccccc3s2)o1)c1ccccc1I. The fraction of sp³-hybridized carbons (Fsp3) is 0.0526. The highest BCUT2D eigenvalue weighted by molar-refractivity contribution is 14.1. The molecule has 124 valence electrons. The summed E-state index contributed by atoms with van der Waals surface area (Å²) in [5, 5.41) is 3.74. The number of halogens is 1. The van der Waals surface area contributed by atoms with Gasteiger partial charge in [-0.25, -0.2) is 4.98 Å². The highest BCUT2D eigenvalue weighted by atomic mass is 127. The van der Waals surface area contributed by atoms with Gasteiger partial charge >= 0.3 is 0 Å². The van der Waals surface area contributed by atoms with E-state index in [2.05, 4.69) is 32.9 Å². The first-order valence-corrected chi connectivity index (χ1v) is 9.57. The predicted molar refractivity (Wildman–Crippen MR) is 108 cm³/mol. The Kier molecular flexibility index (Phi) is 4.54. The maximum absolute atomic E-state index is 12.3. The summed E-state index contributed by atoms with van der Waals surface area (Å²) < 4.78 is 7.90. The topological polar surface area (TPSA) is 55.1 Å². The van der Waals surface area contributed by atoms with Gasteiger partial charge in [0.2, 0.25) is 0 Å². The van der Waals surface area contributed by atoms with Gasteiger partial charge in [0, 0.05) is 3.57 Å². The number of hydrogen-bond acceptors (Lipinski definition) is 4. The smallest absolute Gasteiger partial charge is 0.252 e. The highest BCUT2D eigenvalue weighted by Gasteiger charge is 2.12. The van der Waals surface area contributed by atoms with E-state index in [1.165, 1.54) is 0 Å². The lowest BCUT2D eigenvalue weighted by Gasteiger charge is -2.05. The second-order valence-electron chi connectivity index (χ2n) is 5.42. The molecule has 0 spiro atoms. The number of rotatable bonds is 4. The van der Waals surface area contributed by atoms with E-state index in [1.54, 1.807) is 11.3 Å². The molecule has 4 rings (SSSR count). The van der Waals surface area contributed by atoms with Gasteiger partial charge in [0.05, 0.1) is 22.3 Å². The summed E-state index contributed by atoms with van der Waals surface area (Å²) in [4.78, 5) is 16.9. The first-order valence-electron chi connectivity index (χ1n) is 7.68. The number of carbonyl (C=O) groups excluding carboxylic acids is 1. The van der Waals surface area contributed by atoms with Crippen molar-refractivity contribution in [1.82, 2.24) is 10.3 Å². The van der Waals surface area contributed by atoms with Gasteiger partial charge < -0.3 is 9.73 Å². The van der Waals surface area contributed by atoms with Gasteiger partial charge in [-0.15, -0.1) is 11.3 Å². The van der Waals surface area contributed by atoms with Crippen molar-refractivity contribution in [3.05, 3.63) is 75.6 Å². The Morgan fingerprint density at radius 3 is 2.72 bits per heavy atom. The number of furan rings is 1. The number of nitrogens with one attached hydrogen (secondary N) is 1. The van der Waals surface area contributed by atoms with E-state index in [-0.39, 0.29) is 5.91 Å². The van der Waals surface area contributed by atoms with Crippen LogP contribution >= 0.6 is 33.9 Å². The lowest BCUT2D eigenvalue weighted by molar-refractivity contribution is 0.0947. The van der Waals surface area contributed by atoms with Crippen molar-refractivity contribution >= 4 is 50.1 Å². The Labute approximate surface area is 162 Å². The van der Waals surface area contributed by atoms with E-state index in [0.717, 1.165) is 24.6 Å². The molecule has 25 heavy (non-hydrogen) atoms. The molecule has 1 N–H and O–H groups in total. The number of aromatic nitrogens is 1. The van der Waals surface area contributed by atoms with E-state index in [0.29, 0.717) is 17.9 Å². The van der Waals surface area contributed by atoms with Crippen LogP contribution in [0.15, 0.2) is 65.1 Å². The first kappa shape index (κ1) is 16.3. The second-order valence-corrected chi connectivity index (χ2v) is 7.61. The van der Waals surface area contributed by atoms with E-state index in [1.807, 2.05) is 60.7 Å². The van der Waals surface area contributed by atoms with Gasteiger partial charge in [-0.1, -0.05) is 24.3 Å². The van der Waals surface area contributed by atoms with Crippen LogP contribution in [0.3, 0.4) is 0 Å². The van der Waals surface area contributed by atoms with Crippen LogP contribution in [0, 0.1) is 3.57 Å². The Hall–Kier alpha value is -2.19. The van der Waals surface area contributed by atoms with Gasteiger partial charge in [-0.3, -0.25) is 4.79 Å². The molecular formula is C19H13IN2O2S. The zero-order valence-corrected chi connectivity index (χ0v) is 16.0. The molecule has 2 aromatic heterocycles. The predicted octanol–water partition coefficient (Wildman–Crippen LogP) is 5.09. The van der Waals surface area contributed by atoms with Gasteiger partial charge in [0.25, 0.3) is 5.91 Å². The van der Waals surface area contributed by atoms with Crippen LogP contribution in [0.25, 0.3) is 21.0 Å². The van der Waals surface area contributed by atoms with Crippen LogP contribution in [0.5, 0.6) is 0 Å². The van der Waals surface area contributed by atoms with Gasteiger partial charge in [-0.05, 0) is 59.0 Å². The van der Waals surface area contributed by atoms with Crippen molar-refractivity contribution in [2.75, 3.05) is 0 Å². The molecule has 0 saturated heterocycles. The molecule has 0 aliphatic carbocycles. The third-order valence-corrected chi connectivity index (χ3v) is 5.70. The quantitative estimate of drug-likeness (QED) is 0.432. The number of para-hydroxylation sites is 1. The van der Waals surface area contributed by atoms with Crippen LogP contribution < -0.4 is 5.32 Å². The maximum Gasteiger partial charge on any atom is 0.252 e. The Bertz CT molecular complexity index is 1020. The molecule has 0 fully saturated rings. The third kappa shape index (κ3) is 3.45. The molecule has 6 heteroatoms. The summed E-state index contributed by atoms with van der Waals surface area (Å²) in [7, 11) is 0. The van der Waals surface area contributed by atoms with E-state index < -0.39 is 0 Å². The lowest BCUT2D eigenvalue weighted by atomic mass is 10.2. The molecule has 4 nitrogen and oxygen atoms in total. The number of benzene rings is 2. The molecule has 0 radical (unpaired) electrons. The molecule has 2 heterocycles.